The van der Waals surface area contributed by atoms with Gasteiger partial charge in [0.1, 0.15) is 0 Å². The summed E-state index contributed by atoms with van der Waals surface area (Å²) in [6.45, 7) is 7.21. The molecule has 5 nitrogen and oxygen atoms in total. The van der Waals surface area contributed by atoms with Gasteiger partial charge in [-0.25, -0.2) is 0 Å². The summed E-state index contributed by atoms with van der Waals surface area (Å²) in [5.41, 5.74) is 10.3. The minimum absolute atomic E-state index is 0.262. The Labute approximate surface area is 110 Å². The van der Waals surface area contributed by atoms with E-state index in [0.717, 1.165) is 19.0 Å². The van der Waals surface area contributed by atoms with Crippen LogP contribution in [-0.2, 0) is 4.79 Å². The highest BCUT2D eigenvalue weighted by atomic mass is 16.1. The number of hydrogen-bond acceptors (Lipinski definition) is 4. The quantitative estimate of drug-likeness (QED) is 0.693. The highest BCUT2D eigenvalue weighted by Gasteiger charge is 2.30. The number of hydrogen-bond donors (Lipinski definition) is 2. The van der Waals surface area contributed by atoms with Crippen LogP contribution < -0.4 is 11.5 Å². The van der Waals surface area contributed by atoms with Crippen molar-refractivity contribution < 1.29 is 4.79 Å². The molecule has 1 saturated heterocycles. The van der Waals surface area contributed by atoms with Crippen molar-refractivity contribution in [1.29, 1.82) is 0 Å². The first kappa shape index (κ1) is 15.4. The van der Waals surface area contributed by atoms with Gasteiger partial charge in [0.25, 0.3) is 0 Å². The Morgan fingerprint density at radius 1 is 1.61 bits per heavy atom. The first-order valence-electron chi connectivity index (χ1n) is 6.70. The molecule has 0 spiro atoms. The summed E-state index contributed by atoms with van der Waals surface area (Å²) < 4.78 is 0. The van der Waals surface area contributed by atoms with E-state index >= 15 is 0 Å². The van der Waals surface area contributed by atoms with E-state index in [2.05, 4.69) is 30.8 Å². The van der Waals surface area contributed by atoms with Gasteiger partial charge in [-0.2, -0.15) is 0 Å². The average Bonchev–Trinajstić information content (AvgIpc) is 2.63. The topological polar surface area (TPSA) is 75.6 Å². The van der Waals surface area contributed by atoms with Crippen LogP contribution in [0.2, 0.25) is 0 Å². The van der Waals surface area contributed by atoms with E-state index in [4.69, 9.17) is 11.5 Å². The summed E-state index contributed by atoms with van der Waals surface area (Å²) >= 11 is 0. The van der Waals surface area contributed by atoms with E-state index in [1.165, 1.54) is 13.0 Å². The molecule has 0 aromatic carbocycles. The molecule has 0 radical (unpaired) electrons. The Balaban J connectivity index is 2.41. The molecule has 3 unspecified atom stereocenters. The molecule has 0 bridgehead atoms. The fourth-order valence-corrected chi connectivity index (χ4v) is 2.63. The van der Waals surface area contributed by atoms with Crippen molar-refractivity contribution in [3.8, 4) is 0 Å². The van der Waals surface area contributed by atoms with Crippen molar-refractivity contribution in [2.24, 2.45) is 17.4 Å². The number of carbonyl (C=O) groups excluding carboxylic acids is 1. The highest BCUT2D eigenvalue weighted by Crippen LogP contribution is 2.18. The van der Waals surface area contributed by atoms with E-state index in [-0.39, 0.29) is 6.04 Å². The van der Waals surface area contributed by atoms with E-state index in [9.17, 15) is 4.79 Å². The predicted octanol–water partition coefficient (Wildman–Crippen LogP) is -0.149. The summed E-state index contributed by atoms with van der Waals surface area (Å²) in [6, 6.07) is 0.262. The molecule has 0 aromatic rings. The number of primary amides is 1. The second-order valence-electron chi connectivity index (χ2n) is 6.19. The van der Waals surface area contributed by atoms with Crippen molar-refractivity contribution in [2.45, 2.75) is 38.3 Å². The number of amides is 1. The van der Waals surface area contributed by atoms with Gasteiger partial charge in [-0.15, -0.1) is 0 Å². The Hall–Kier alpha value is -0.650. The van der Waals surface area contributed by atoms with Crippen LogP contribution in [0.5, 0.6) is 0 Å². The summed E-state index contributed by atoms with van der Waals surface area (Å²) in [5.74, 6) is 0.295. The molecule has 1 fully saturated rings. The van der Waals surface area contributed by atoms with Crippen molar-refractivity contribution in [1.82, 2.24) is 9.80 Å². The van der Waals surface area contributed by atoms with Crippen LogP contribution in [-0.4, -0.2) is 61.0 Å². The van der Waals surface area contributed by atoms with Gasteiger partial charge in [0.15, 0.2) is 0 Å². The zero-order chi connectivity index (χ0) is 13.9. The third kappa shape index (κ3) is 4.23. The summed E-state index contributed by atoms with van der Waals surface area (Å²) in [6.07, 6.45) is 1.85. The van der Waals surface area contributed by atoms with E-state index in [1.54, 1.807) is 6.92 Å². The zero-order valence-electron chi connectivity index (χ0n) is 12.1. The number of rotatable bonds is 6. The van der Waals surface area contributed by atoms with Crippen molar-refractivity contribution in [2.75, 3.05) is 33.7 Å². The van der Waals surface area contributed by atoms with Gasteiger partial charge in [-0.1, -0.05) is 0 Å². The molecule has 1 rings (SSSR count). The fourth-order valence-electron chi connectivity index (χ4n) is 2.63. The molecule has 1 heterocycles. The van der Waals surface area contributed by atoms with Gasteiger partial charge in [0.05, 0.1) is 5.54 Å². The Morgan fingerprint density at radius 3 is 2.67 bits per heavy atom. The monoisotopic (exact) mass is 256 g/mol. The Morgan fingerprint density at radius 2 is 2.22 bits per heavy atom. The normalized spacial score (nSPS) is 26.2. The molecule has 1 aliphatic heterocycles. The SMILES string of the molecule is CC(CC(C)(N)C(N)=O)N(C)CC1CCN(C)C1. The van der Waals surface area contributed by atoms with E-state index in [0.29, 0.717) is 6.42 Å². The molecule has 5 heteroatoms. The molecule has 4 N–H and O–H groups in total. The van der Waals surface area contributed by atoms with Gasteiger partial charge < -0.3 is 21.3 Å². The summed E-state index contributed by atoms with van der Waals surface area (Å²) in [7, 11) is 4.26. The number of nitrogens with two attached hydrogens (primary N) is 2. The largest absolute Gasteiger partial charge is 0.368 e. The molecule has 1 aliphatic rings. The minimum Gasteiger partial charge on any atom is -0.368 e. The maximum absolute atomic E-state index is 11.2. The molecule has 1 amide bonds. The molecule has 0 aromatic heterocycles. The lowest BCUT2D eigenvalue weighted by molar-refractivity contribution is -0.123. The number of likely N-dealkylation sites (tertiary alicyclic amines) is 1. The van der Waals surface area contributed by atoms with Crippen LogP contribution in [0.4, 0.5) is 0 Å². The average molecular weight is 256 g/mol. The molecule has 3 atom stereocenters. The van der Waals surface area contributed by atoms with Crippen molar-refractivity contribution in [3.05, 3.63) is 0 Å². The van der Waals surface area contributed by atoms with E-state index in [1.807, 2.05) is 0 Å². The van der Waals surface area contributed by atoms with Gasteiger partial charge >= 0.3 is 0 Å². The maximum Gasteiger partial charge on any atom is 0.237 e. The molecule has 106 valence electrons. The molecule has 18 heavy (non-hydrogen) atoms. The fraction of sp³-hybridized carbons (Fsp3) is 0.923. The lowest BCUT2D eigenvalue weighted by Gasteiger charge is -2.32. The minimum atomic E-state index is -0.917. The number of carbonyl (C=O) groups is 1. The third-order valence-corrected chi connectivity index (χ3v) is 4.07. The van der Waals surface area contributed by atoms with Crippen LogP contribution in [0, 0.1) is 5.92 Å². The second kappa shape index (κ2) is 5.99. The smallest absolute Gasteiger partial charge is 0.237 e. The molecule has 0 aliphatic carbocycles. The standard InChI is InChI=1S/C13H28N4O/c1-10(7-13(2,15)12(14)18)17(4)9-11-5-6-16(3)8-11/h10-11H,5-9,15H2,1-4H3,(H2,14,18). The zero-order valence-corrected chi connectivity index (χ0v) is 12.1. The van der Waals surface area contributed by atoms with Crippen LogP contribution in [0.3, 0.4) is 0 Å². The molecular formula is C13H28N4O. The van der Waals surface area contributed by atoms with Crippen LogP contribution in [0.1, 0.15) is 26.7 Å². The first-order valence-corrected chi connectivity index (χ1v) is 6.70. The third-order valence-electron chi connectivity index (χ3n) is 4.07. The van der Waals surface area contributed by atoms with Gasteiger partial charge in [-0.05, 0) is 53.2 Å². The number of nitrogens with zero attached hydrogens (tertiary/aromatic N) is 2. The Kier molecular flexibility index (Phi) is 5.13. The maximum atomic E-state index is 11.2. The van der Waals surface area contributed by atoms with Gasteiger partial charge in [0.2, 0.25) is 5.91 Å². The highest BCUT2D eigenvalue weighted by molar-refractivity contribution is 5.83. The molecular weight excluding hydrogens is 228 g/mol. The van der Waals surface area contributed by atoms with Crippen LogP contribution >= 0.6 is 0 Å². The van der Waals surface area contributed by atoms with Crippen LogP contribution in [0.15, 0.2) is 0 Å². The lowest BCUT2D eigenvalue weighted by Crippen LogP contribution is -2.53. The predicted molar refractivity (Wildman–Crippen MR) is 74.1 cm³/mol. The van der Waals surface area contributed by atoms with Gasteiger partial charge in [0, 0.05) is 19.1 Å². The van der Waals surface area contributed by atoms with E-state index < -0.39 is 11.4 Å². The van der Waals surface area contributed by atoms with Crippen molar-refractivity contribution in [3.63, 3.8) is 0 Å². The van der Waals surface area contributed by atoms with Gasteiger partial charge in [-0.3, -0.25) is 4.79 Å². The van der Waals surface area contributed by atoms with Crippen LogP contribution in [0.25, 0.3) is 0 Å². The second-order valence-corrected chi connectivity index (χ2v) is 6.19. The lowest BCUT2D eigenvalue weighted by atomic mass is 9.93. The van der Waals surface area contributed by atoms with Crippen molar-refractivity contribution >= 4 is 5.91 Å². The molecule has 0 saturated carbocycles. The summed E-state index contributed by atoms with van der Waals surface area (Å²) in [4.78, 5) is 15.9. The summed E-state index contributed by atoms with van der Waals surface area (Å²) in [5, 5.41) is 0. The Bertz CT molecular complexity index is 293. The first-order chi connectivity index (χ1) is 8.22.